The molecule has 0 unspecified atom stereocenters. The highest BCUT2D eigenvalue weighted by molar-refractivity contribution is 6.31. The molecule has 0 radical (unpaired) electrons. The first-order chi connectivity index (χ1) is 14.5. The van der Waals surface area contributed by atoms with Crippen LogP contribution in [0.3, 0.4) is 0 Å². The number of rotatable bonds is 2. The van der Waals surface area contributed by atoms with Gasteiger partial charge in [0.25, 0.3) is 5.91 Å². The molecule has 2 aliphatic heterocycles. The molecule has 1 N–H and O–H groups in total. The lowest BCUT2D eigenvalue weighted by atomic mass is 9.94. The topological polar surface area (TPSA) is 61.9 Å². The number of piperidine rings is 1. The molecule has 0 bridgehead atoms. The lowest BCUT2D eigenvalue weighted by Crippen LogP contribution is -2.45. The van der Waals surface area contributed by atoms with Gasteiger partial charge in [-0.15, -0.1) is 0 Å². The van der Waals surface area contributed by atoms with Gasteiger partial charge in [0.2, 0.25) is 5.91 Å². The summed E-state index contributed by atoms with van der Waals surface area (Å²) in [7, 11) is 0. The maximum absolute atomic E-state index is 13.2. The van der Waals surface area contributed by atoms with Crippen LogP contribution in [0.25, 0.3) is 0 Å². The largest absolute Gasteiger partial charge is 0.493 e. The Balaban J connectivity index is 1.61. The smallest absolute Gasteiger partial charge is 0.255 e. The van der Waals surface area contributed by atoms with Crippen molar-refractivity contribution in [2.24, 2.45) is 5.92 Å². The van der Waals surface area contributed by atoms with Gasteiger partial charge in [0.05, 0.1) is 12.2 Å². The van der Waals surface area contributed by atoms with Gasteiger partial charge in [-0.25, -0.2) is 0 Å². The predicted octanol–water partition coefficient (Wildman–Crippen LogP) is 3.58. The Hall–Kier alpha value is -1.79. The van der Waals surface area contributed by atoms with Gasteiger partial charge in [0, 0.05) is 36.6 Å². The van der Waals surface area contributed by atoms with Crippen LogP contribution < -0.4 is 10.1 Å². The molecule has 0 saturated carbocycles. The molecule has 0 aliphatic carbocycles. The van der Waals surface area contributed by atoms with E-state index in [2.05, 4.69) is 24.1 Å². The van der Waals surface area contributed by atoms with Crippen LogP contribution in [0.5, 0.6) is 5.75 Å². The van der Waals surface area contributed by atoms with Crippen LogP contribution in [-0.2, 0) is 4.79 Å². The van der Waals surface area contributed by atoms with E-state index >= 15 is 0 Å². The van der Waals surface area contributed by atoms with Crippen molar-refractivity contribution < 1.29 is 14.3 Å². The Labute approximate surface area is 184 Å². The zero-order valence-electron chi connectivity index (χ0n) is 18.2. The predicted molar refractivity (Wildman–Crippen MR) is 119 cm³/mol. The third-order valence-corrected chi connectivity index (χ3v) is 6.31. The molecular weight excluding hydrogens is 402 g/mol. The van der Waals surface area contributed by atoms with Crippen molar-refractivity contribution in [3.8, 4) is 5.75 Å². The number of fused-ring (bicyclic) bond motifs is 1. The maximum Gasteiger partial charge on any atom is 0.255 e. The molecule has 0 atom stereocenters. The molecule has 1 saturated heterocycles. The van der Waals surface area contributed by atoms with E-state index in [4.69, 9.17) is 16.3 Å². The summed E-state index contributed by atoms with van der Waals surface area (Å²) in [4.78, 5) is 30.1. The number of amides is 2. The van der Waals surface area contributed by atoms with Gasteiger partial charge in [-0.2, -0.15) is 0 Å². The average molecular weight is 436 g/mol. The van der Waals surface area contributed by atoms with Crippen LogP contribution in [-0.4, -0.2) is 67.0 Å². The summed E-state index contributed by atoms with van der Waals surface area (Å²) in [6.07, 6.45) is 4.32. The average Bonchev–Trinajstić information content (AvgIpc) is 2.76. The van der Waals surface area contributed by atoms with Crippen molar-refractivity contribution in [2.75, 3.05) is 39.3 Å². The number of hydrogen-bond donors (Lipinski definition) is 1. The van der Waals surface area contributed by atoms with Crippen molar-refractivity contribution in [1.29, 1.82) is 0 Å². The second kappa shape index (κ2) is 11.0. The summed E-state index contributed by atoms with van der Waals surface area (Å²) < 4.78 is 5.88. The first-order valence-corrected chi connectivity index (χ1v) is 11.6. The Morgan fingerprint density at radius 3 is 2.60 bits per heavy atom. The fourth-order valence-electron chi connectivity index (χ4n) is 4.22. The maximum atomic E-state index is 13.2. The highest BCUT2D eigenvalue weighted by atomic mass is 35.5. The molecule has 1 fully saturated rings. The minimum Gasteiger partial charge on any atom is -0.493 e. The van der Waals surface area contributed by atoms with Gasteiger partial charge in [0.15, 0.2) is 0 Å². The third-order valence-electron chi connectivity index (χ3n) is 6.08. The van der Waals surface area contributed by atoms with Crippen LogP contribution in [0, 0.1) is 5.92 Å². The van der Waals surface area contributed by atoms with E-state index in [9.17, 15) is 9.59 Å². The first kappa shape index (κ1) is 22.9. The Morgan fingerprint density at radius 1 is 1.13 bits per heavy atom. The zero-order valence-corrected chi connectivity index (χ0v) is 18.9. The number of hydrogen-bond acceptors (Lipinski definition) is 4. The quantitative estimate of drug-likeness (QED) is 0.771. The van der Waals surface area contributed by atoms with Crippen molar-refractivity contribution in [1.82, 2.24) is 15.1 Å². The molecule has 6 nitrogen and oxygen atoms in total. The summed E-state index contributed by atoms with van der Waals surface area (Å²) in [5.74, 6) is 0.773. The third kappa shape index (κ3) is 6.11. The van der Waals surface area contributed by atoms with Crippen molar-refractivity contribution >= 4 is 23.4 Å². The van der Waals surface area contributed by atoms with Crippen molar-refractivity contribution in [3.63, 3.8) is 0 Å². The molecule has 2 aliphatic rings. The van der Waals surface area contributed by atoms with Crippen LogP contribution in [0.15, 0.2) is 18.2 Å². The number of carbonyl (C=O) groups is 2. The standard InChI is InChI=1S/C23H34ClN3O3/c1-17(2)26-13-8-18(9-14-26)23(29)27-11-4-3-10-25-22(28)20-16-19(24)6-7-21(20)30-15-5-12-27/h6-7,16-18H,3-5,8-15H2,1-2H3,(H,25,28). The van der Waals surface area contributed by atoms with Crippen molar-refractivity contribution in [3.05, 3.63) is 28.8 Å². The number of nitrogens with zero attached hydrogens (tertiary/aromatic N) is 2. The number of likely N-dealkylation sites (tertiary alicyclic amines) is 1. The molecule has 2 heterocycles. The fraction of sp³-hybridized carbons (Fsp3) is 0.652. The summed E-state index contributed by atoms with van der Waals surface area (Å²) in [5, 5.41) is 3.45. The highest BCUT2D eigenvalue weighted by Gasteiger charge is 2.29. The Morgan fingerprint density at radius 2 is 1.87 bits per heavy atom. The molecule has 1 aromatic rings. The normalized spacial score (nSPS) is 20.4. The van der Waals surface area contributed by atoms with Crippen molar-refractivity contribution in [2.45, 2.75) is 52.0 Å². The van der Waals surface area contributed by atoms with E-state index in [1.165, 1.54) is 0 Å². The second-order valence-electron chi connectivity index (χ2n) is 8.53. The van der Waals surface area contributed by atoms with Gasteiger partial charge in [-0.1, -0.05) is 11.6 Å². The van der Waals surface area contributed by atoms with Gasteiger partial charge in [0.1, 0.15) is 5.75 Å². The monoisotopic (exact) mass is 435 g/mol. The summed E-state index contributed by atoms with van der Waals surface area (Å²) in [6.45, 7) is 8.87. The van der Waals surface area contributed by atoms with Gasteiger partial charge in [-0.3, -0.25) is 9.59 Å². The molecule has 2 amide bonds. The van der Waals surface area contributed by atoms with Gasteiger partial charge >= 0.3 is 0 Å². The van der Waals surface area contributed by atoms with E-state index in [1.54, 1.807) is 18.2 Å². The van der Waals surface area contributed by atoms with E-state index in [0.29, 0.717) is 42.1 Å². The number of halogens is 1. The summed E-state index contributed by atoms with van der Waals surface area (Å²) in [5.41, 5.74) is 0.464. The molecule has 7 heteroatoms. The van der Waals surface area contributed by atoms with Crippen LogP contribution in [0.2, 0.25) is 5.02 Å². The molecular formula is C23H34ClN3O3. The number of benzene rings is 1. The van der Waals surface area contributed by atoms with Crippen LogP contribution in [0.4, 0.5) is 0 Å². The van der Waals surface area contributed by atoms with Crippen LogP contribution in [0.1, 0.15) is 56.3 Å². The minimum atomic E-state index is -0.170. The van der Waals surface area contributed by atoms with E-state index in [-0.39, 0.29) is 17.7 Å². The molecule has 1 aromatic carbocycles. The fourth-order valence-corrected chi connectivity index (χ4v) is 4.39. The highest BCUT2D eigenvalue weighted by Crippen LogP contribution is 2.24. The van der Waals surface area contributed by atoms with E-state index in [1.807, 2.05) is 4.90 Å². The Bertz CT molecular complexity index is 732. The van der Waals surface area contributed by atoms with Gasteiger partial charge in [-0.05, 0) is 77.2 Å². The van der Waals surface area contributed by atoms with Gasteiger partial charge < -0.3 is 19.9 Å². The lowest BCUT2D eigenvalue weighted by molar-refractivity contribution is -0.137. The number of ether oxygens (including phenoxy) is 1. The SMILES string of the molecule is CC(C)N1CCC(C(=O)N2CCCCNC(=O)c3cc(Cl)ccc3OCCC2)CC1. The molecule has 30 heavy (non-hydrogen) atoms. The summed E-state index contributed by atoms with van der Waals surface area (Å²) >= 11 is 6.06. The first-order valence-electron chi connectivity index (χ1n) is 11.2. The zero-order chi connectivity index (χ0) is 21.5. The molecule has 0 spiro atoms. The number of carbonyl (C=O) groups excluding carboxylic acids is 2. The van der Waals surface area contributed by atoms with Crippen LogP contribution >= 0.6 is 11.6 Å². The molecule has 3 rings (SSSR count). The second-order valence-corrected chi connectivity index (χ2v) is 8.97. The number of nitrogens with one attached hydrogen (secondary N) is 1. The molecule has 166 valence electrons. The lowest BCUT2D eigenvalue weighted by Gasteiger charge is -2.36. The Kier molecular flexibility index (Phi) is 8.40. The minimum absolute atomic E-state index is 0.124. The van der Waals surface area contributed by atoms with E-state index in [0.717, 1.165) is 51.7 Å². The van der Waals surface area contributed by atoms with E-state index < -0.39 is 0 Å². The molecule has 0 aromatic heterocycles. The summed E-state index contributed by atoms with van der Waals surface area (Å²) in [6, 6.07) is 5.65.